The van der Waals surface area contributed by atoms with Gasteiger partial charge >= 0.3 is 5.97 Å². The van der Waals surface area contributed by atoms with Gasteiger partial charge in [-0.05, 0) is 54.5 Å². The van der Waals surface area contributed by atoms with Crippen LogP contribution in [-0.4, -0.2) is 132 Å². The summed E-state index contributed by atoms with van der Waals surface area (Å²) < 4.78 is 33.0. The number of rotatable bonds is 25. The first-order valence-corrected chi connectivity index (χ1v) is 26.1. The maximum atomic E-state index is 15.5. The van der Waals surface area contributed by atoms with Gasteiger partial charge in [-0.1, -0.05) is 37.3 Å². The van der Waals surface area contributed by atoms with Crippen LogP contribution in [0.25, 0.3) is 22.3 Å². The summed E-state index contributed by atoms with van der Waals surface area (Å²) in [6, 6.07) is 9.81. The lowest BCUT2D eigenvalue weighted by Crippen LogP contribution is -2.52. The number of fused-ring (bicyclic) bond motifs is 5. The molecular formula is C55H57FN10O15. The van der Waals surface area contributed by atoms with E-state index in [9.17, 15) is 57.8 Å². The molecule has 3 atom stereocenters. The molecule has 7 amide bonds. The van der Waals surface area contributed by atoms with E-state index in [4.69, 9.17) is 19.2 Å². The highest BCUT2D eigenvalue weighted by Gasteiger charge is 2.46. The van der Waals surface area contributed by atoms with Crippen LogP contribution in [0.1, 0.15) is 71.2 Å². The summed E-state index contributed by atoms with van der Waals surface area (Å²) in [6.07, 6.45) is 2.91. The Kier molecular flexibility index (Phi) is 16.9. The van der Waals surface area contributed by atoms with Gasteiger partial charge in [-0.25, -0.2) is 14.2 Å². The SMILES string of the molecule is CC[C@@]1(O)C(=O)OCc2c1cc1n(c2=O)Cc2c-1nc1cc(F)c(C)c3c1c2[C@@H](Nc1c(NCCOCNC(=O)CNC(=O)[C@H](Cc2ccccc2)NC(=O)CNC(=O)CNC(=O)CCOCCN2C(=O)C=CC2=O)c(=O)c1=O)CC3. The molecule has 2 aromatic heterocycles. The average Bonchev–Trinajstić information content (AvgIpc) is 2.46. The summed E-state index contributed by atoms with van der Waals surface area (Å²) in [7, 11) is 0. The fourth-order valence-corrected chi connectivity index (χ4v) is 10.3. The number of hydrogen-bond acceptors (Lipinski definition) is 18. The van der Waals surface area contributed by atoms with Crippen molar-refractivity contribution >= 4 is 69.6 Å². The third-order valence-corrected chi connectivity index (χ3v) is 14.6. The summed E-state index contributed by atoms with van der Waals surface area (Å²) in [5.41, 5.74) is 0.248. The number of aryl methyl sites for hydroxylation is 1. The van der Waals surface area contributed by atoms with E-state index in [0.717, 1.165) is 22.6 Å². The van der Waals surface area contributed by atoms with Crippen molar-refractivity contribution in [2.45, 2.75) is 76.8 Å². The van der Waals surface area contributed by atoms with Crippen molar-refractivity contribution in [3.05, 3.63) is 130 Å². The Labute approximate surface area is 459 Å². The Morgan fingerprint density at radius 2 is 1.54 bits per heavy atom. The standard InChI is InChI=1S/C55H57FN10O15/c1-3-55(78)33-20-38-47-31(25-66(38)53(76)32(33)26-81-54(55)77)46-35(10-9-30-28(2)34(56)21-36(64-47)45(30)46)63-49-48(50(73)51(49)74)57-14-17-80-27-61-41(69)23-60-52(75)37(19-29-7-5-4-6-8-29)62-42(70)24-59-40(68)22-58-39(67)13-16-79-18-15-65-43(71)11-12-44(65)72/h4-8,11-12,20-21,35,37,57,63,78H,3,9-10,13-19,22-27H2,1-2H3,(H,58,67)(H,59,68)(H,60,75)(H,61,69)(H,62,70)/t35-,37-,55-/m0/s1. The van der Waals surface area contributed by atoms with Crippen molar-refractivity contribution < 1.29 is 62.1 Å². The zero-order valence-corrected chi connectivity index (χ0v) is 44.0. The number of hydrogen-bond donors (Lipinski definition) is 8. The maximum Gasteiger partial charge on any atom is 0.343 e. The zero-order chi connectivity index (χ0) is 57.7. The first-order chi connectivity index (χ1) is 38.9. The molecule has 0 saturated heterocycles. The Balaban J connectivity index is 0.739. The van der Waals surface area contributed by atoms with Crippen molar-refractivity contribution in [3.8, 4) is 11.4 Å². The molecule has 4 aliphatic rings. The Morgan fingerprint density at radius 3 is 2.30 bits per heavy atom. The molecule has 3 aliphatic heterocycles. The van der Waals surface area contributed by atoms with Gasteiger partial charge in [0.25, 0.3) is 28.2 Å². The normalized spacial score (nSPS) is 17.0. The van der Waals surface area contributed by atoms with E-state index in [2.05, 4.69) is 37.2 Å². The predicted octanol–water partition coefficient (Wildman–Crippen LogP) is -0.867. The number of nitrogens with one attached hydrogen (secondary N) is 7. The van der Waals surface area contributed by atoms with Crippen LogP contribution in [0.15, 0.2) is 69.0 Å². The number of aromatic nitrogens is 2. The minimum Gasteiger partial charge on any atom is -0.458 e. The van der Waals surface area contributed by atoms with Crippen LogP contribution < -0.4 is 53.6 Å². The minimum absolute atomic E-state index is 0.000837. The van der Waals surface area contributed by atoms with E-state index in [1.807, 2.05) is 0 Å². The monoisotopic (exact) mass is 1120 g/mol. The lowest BCUT2D eigenvalue weighted by molar-refractivity contribution is -0.172. The third-order valence-electron chi connectivity index (χ3n) is 14.6. The third kappa shape index (κ3) is 11.8. The number of amides is 7. The van der Waals surface area contributed by atoms with Crippen LogP contribution in [0.3, 0.4) is 0 Å². The number of cyclic esters (lactones) is 1. The van der Waals surface area contributed by atoms with Gasteiger partial charge in [0, 0.05) is 54.1 Å². The number of nitrogens with zero attached hydrogens (tertiary/aromatic N) is 3. The maximum absolute atomic E-state index is 15.5. The number of halogens is 1. The summed E-state index contributed by atoms with van der Waals surface area (Å²) in [6.45, 7) is 1.12. The van der Waals surface area contributed by atoms with Gasteiger partial charge in [-0.15, -0.1) is 0 Å². The highest BCUT2D eigenvalue weighted by Crippen LogP contribution is 2.47. The summed E-state index contributed by atoms with van der Waals surface area (Å²) in [5, 5.41) is 30.5. The molecule has 0 fully saturated rings. The molecule has 0 unspecified atom stereocenters. The highest BCUT2D eigenvalue weighted by atomic mass is 19.1. The Morgan fingerprint density at radius 1 is 0.840 bits per heavy atom. The van der Waals surface area contributed by atoms with Crippen LogP contribution >= 0.6 is 0 Å². The number of pyridine rings is 2. The van der Waals surface area contributed by atoms with E-state index in [1.54, 1.807) is 50.2 Å². The second-order valence-corrected chi connectivity index (χ2v) is 19.6. The molecule has 5 heterocycles. The fourth-order valence-electron chi connectivity index (χ4n) is 10.3. The van der Waals surface area contributed by atoms with Gasteiger partial charge in [-0.3, -0.25) is 52.8 Å². The molecule has 8 N–H and O–H groups in total. The molecule has 0 saturated carbocycles. The van der Waals surface area contributed by atoms with Crippen molar-refractivity contribution in [2.75, 3.05) is 69.9 Å². The second-order valence-electron chi connectivity index (χ2n) is 19.6. The minimum atomic E-state index is -2.07. The molecular weight excluding hydrogens is 1060 g/mol. The number of carbonyl (C=O) groups excluding carboxylic acids is 8. The van der Waals surface area contributed by atoms with Crippen LogP contribution in [-0.2, 0) is 84.2 Å². The summed E-state index contributed by atoms with van der Waals surface area (Å²) >= 11 is 0. The van der Waals surface area contributed by atoms with E-state index >= 15 is 4.39 Å². The second kappa shape index (κ2) is 24.2. The quantitative estimate of drug-likeness (QED) is 0.0114. The van der Waals surface area contributed by atoms with Gasteiger partial charge in [0.1, 0.15) is 36.6 Å². The fraction of sp³-hybridized carbons (Fsp3) is 0.382. The van der Waals surface area contributed by atoms with Crippen molar-refractivity contribution in [2.24, 2.45) is 0 Å². The molecule has 424 valence electrons. The summed E-state index contributed by atoms with van der Waals surface area (Å²) in [5.74, 6) is -5.57. The lowest BCUT2D eigenvalue weighted by atomic mass is 9.81. The smallest absolute Gasteiger partial charge is 0.343 e. The zero-order valence-electron chi connectivity index (χ0n) is 44.0. The molecule has 9 rings (SSSR count). The first-order valence-electron chi connectivity index (χ1n) is 26.1. The lowest BCUT2D eigenvalue weighted by Gasteiger charge is -2.31. The van der Waals surface area contributed by atoms with Crippen LogP contribution in [0, 0.1) is 12.7 Å². The summed E-state index contributed by atoms with van der Waals surface area (Å²) in [4.78, 5) is 146. The highest BCUT2D eigenvalue weighted by molar-refractivity contribution is 6.12. The van der Waals surface area contributed by atoms with Crippen LogP contribution in [0.5, 0.6) is 0 Å². The van der Waals surface area contributed by atoms with Crippen LogP contribution in [0.2, 0.25) is 0 Å². The molecule has 0 spiro atoms. The van der Waals surface area contributed by atoms with Crippen molar-refractivity contribution in [1.82, 2.24) is 41.0 Å². The van der Waals surface area contributed by atoms with Crippen molar-refractivity contribution in [1.29, 1.82) is 0 Å². The molecule has 0 radical (unpaired) electrons. The average molecular weight is 1120 g/mol. The number of imide groups is 1. The molecule has 26 heteroatoms. The molecule has 25 nitrogen and oxygen atoms in total. The Hall–Kier alpha value is -9.01. The van der Waals surface area contributed by atoms with Gasteiger partial charge in [0.15, 0.2) is 5.60 Å². The van der Waals surface area contributed by atoms with E-state index in [1.165, 1.54) is 10.6 Å². The van der Waals surface area contributed by atoms with Gasteiger partial charge in [0.2, 0.25) is 29.5 Å². The Bertz CT molecular complexity index is 3560. The van der Waals surface area contributed by atoms with Crippen LogP contribution in [0.4, 0.5) is 15.8 Å². The number of anilines is 2. The predicted molar refractivity (Wildman–Crippen MR) is 285 cm³/mol. The molecule has 1 aliphatic carbocycles. The number of aliphatic hydroxyl groups is 1. The van der Waals surface area contributed by atoms with E-state index in [0.29, 0.717) is 57.4 Å². The van der Waals surface area contributed by atoms with E-state index < -0.39 is 107 Å². The van der Waals surface area contributed by atoms with Gasteiger partial charge in [-0.2, -0.15) is 0 Å². The molecule has 5 aromatic rings. The van der Waals surface area contributed by atoms with Crippen molar-refractivity contribution in [3.63, 3.8) is 0 Å². The number of ether oxygens (including phenoxy) is 3. The number of esters is 1. The first kappa shape index (κ1) is 56.7. The molecule has 0 bridgehead atoms. The molecule has 3 aromatic carbocycles. The number of carbonyl (C=O) groups is 8. The molecule has 81 heavy (non-hydrogen) atoms. The number of benzene rings is 2. The largest absolute Gasteiger partial charge is 0.458 e. The van der Waals surface area contributed by atoms with E-state index in [-0.39, 0.29) is 94.6 Å². The topological polar surface area (TPSA) is 341 Å². The van der Waals surface area contributed by atoms with Gasteiger partial charge in [0.05, 0.1) is 81.1 Å². The van der Waals surface area contributed by atoms with Gasteiger partial charge < -0.3 is 61.1 Å².